The number of benzene rings is 2. The number of aromatic hydroxyl groups is 1. The van der Waals surface area contributed by atoms with E-state index >= 15 is 0 Å². The molecule has 1 aliphatic carbocycles. The van der Waals surface area contributed by atoms with Crippen LogP contribution in [0.2, 0.25) is 10.0 Å². The zero-order valence-electron chi connectivity index (χ0n) is 22.1. The Morgan fingerprint density at radius 1 is 1.21 bits per heavy atom. The number of amides is 2. The molecule has 2 N–H and O–H groups in total. The molecule has 3 atom stereocenters. The lowest BCUT2D eigenvalue weighted by Gasteiger charge is -2.43. The van der Waals surface area contributed by atoms with E-state index in [9.17, 15) is 27.9 Å². The number of phenolic OH excluding ortho intramolecular Hbond substituents is 1. The fraction of sp³-hybridized carbons (Fsp3) is 0.233. The van der Waals surface area contributed by atoms with Gasteiger partial charge in [-0.2, -0.15) is 18.2 Å². The van der Waals surface area contributed by atoms with E-state index in [1.54, 1.807) is 61.5 Å². The summed E-state index contributed by atoms with van der Waals surface area (Å²) in [7, 11) is 0. The van der Waals surface area contributed by atoms with Crippen molar-refractivity contribution in [1.82, 2.24) is 9.99 Å². The molecule has 1 aliphatic heterocycles. The second-order valence-electron chi connectivity index (χ2n) is 9.78. The Bertz CT molecular complexity index is 1610. The van der Waals surface area contributed by atoms with Crippen LogP contribution in [0.1, 0.15) is 36.0 Å². The Balaban J connectivity index is 1.71. The number of rotatable bonds is 7. The number of ether oxygens (including phenoxy) is 1. The monoisotopic (exact) mass is 617 g/mol. The van der Waals surface area contributed by atoms with Crippen molar-refractivity contribution in [3.05, 3.63) is 106 Å². The first-order valence-corrected chi connectivity index (χ1v) is 13.6. The van der Waals surface area contributed by atoms with Crippen molar-refractivity contribution in [3.63, 3.8) is 0 Å². The number of fused-ring (bicyclic) bond motifs is 1. The van der Waals surface area contributed by atoms with Crippen molar-refractivity contribution >= 4 is 40.8 Å². The molecule has 2 aliphatic rings. The average molecular weight is 618 g/mol. The van der Waals surface area contributed by atoms with E-state index in [4.69, 9.17) is 27.9 Å². The maximum absolute atomic E-state index is 14.7. The van der Waals surface area contributed by atoms with Gasteiger partial charge in [0.25, 0.3) is 11.8 Å². The Morgan fingerprint density at radius 3 is 2.55 bits per heavy atom. The van der Waals surface area contributed by atoms with Crippen LogP contribution in [0.4, 0.5) is 19.0 Å². The number of hydrogen-bond donors (Lipinski definition) is 2. The van der Waals surface area contributed by atoms with Gasteiger partial charge in [0.2, 0.25) is 0 Å². The van der Waals surface area contributed by atoms with Gasteiger partial charge in [-0.25, -0.2) is 4.98 Å². The number of hydrazine groups is 1. The Hall–Kier alpha value is -4.02. The number of alkyl halides is 3. The average Bonchev–Trinajstić information content (AvgIpc) is 3.17. The van der Waals surface area contributed by atoms with Gasteiger partial charge in [-0.05, 0) is 48.7 Å². The van der Waals surface area contributed by atoms with Crippen LogP contribution in [0.5, 0.6) is 11.5 Å². The van der Waals surface area contributed by atoms with Crippen LogP contribution in [0.15, 0.2) is 79.0 Å². The first-order valence-electron chi connectivity index (χ1n) is 12.9. The molecular formula is C30H24Cl2F3N3O4. The molecule has 5 rings (SSSR count). The van der Waals surface area contributed by atoms with Gasteiger partial charge < -0.3 is 9.84 Å². The van der Waals surface area contributed by atoms with Crippen molar-refractivity contribution in [2.75, 3.05) is 12.0 Å². The Kier molecular flexibility index (Phi) is 7.72. The third-order valence-corrected chi connectivity index (χ3v) is 8.13. The molecule has 2 aromatic carbocycles. The predicted octanol–water partition coefficient (Wildman–Crippen LogP) is 7.06. The smallest absolute Gasteiger partial charge is 0.417 e. The third-order valence-electron chi connectivity index (χ3n) is 7.59. The highest BCUT2D eigenvalue weighted by Crippen LogP contribution is 2.59. The molecular weight excluding hydrogens is 594 g/mol. The number of anilines is 1. The third kappa shape index (κ3) is 4.68. The fourth-order valence-electron chi connectivity index (χ4n) is 5.80. The molecule has 2 heterocycles. The fourth-order valence-corrected chi connectivity index (χ4v) is 6.14. The van der Waals surface area contributed by atoms with Crippen LogP contribution in [-0.4, -0.2) is 33.5 Å². The maximum Gasteiger partial charge on any atom is 0.417 e. The van der Waals surface area contributed by atoms with E-state index < -0.39 is 45.8 Å². The van der Waals surface area contributed by atoms with Gasteiger partial charge in [0, 0.05) is 22.7 Å². The number of pyridine rings is 1. The van der Waals surface area contributed by atoms with Gasteiger partial charge in [0.05, 0.1) is 28.5 Å². The lowest BCUT2D eigenvalue weighted by atomic mass is 9.56. The summed E-state index contributed by atoms with van der Waals surface area (Å²) in [6.07, 6.45) is -0.670. The minimum Gasteiger partial charge on any atom is -0.504 e. The molecule has 0 unspecified atom stereocenters. The molecule has 42 heavy (non-hydrogen) atoms. The molecule has 0 saturated carbocycles. The van der Waals surface area contributed by atoms with Crippen LogP contribution in [0.3, 0.4) is 0 Å². The normalized spacial score (nSPS) is 22.0. The molecule has 2 amide bonds. The number of phenols is 1. The molecule has 7 nitrogen and oxygen atoms in total. The Labute approximate surface area is 249 Å². The summed E-state index contributed by atoms with van der Waals surface area (Å²) in [6, 6.07) is 12.0. The van der Waals surface area contributed by atoms with E-state index in [1.807, 2.05) is 0 Å². The topological polar surface area (TPSA) is 91.8 Å². The first kappa shape index (κ1) is 29.5. The highest BCUT2D eigenvalue weighted by molar-refractivity contribution is 6.33. The van der Waals surface area contributed by atoms with Gasteiger partial charge in [-0.15, -0.1) is 0 Å². The molecule has 0 bridgehead atoms. The van der Waals surface area contributed by atoms with Crippen molar-refractivity contribution in [2.45, 2.75) is 30.9 Å². The lowest BCUT2D eigenvalue weighted by Crippen LogP contribution is -2.48. The largest absolute Gasteiger partial charge is 0.504 e. The summed E-state index contributed by atoms with van der Waals surface area (Å²) >= 11 is 12.3. The van der Waals surface area contributed by atoms with Gasteiger partial charge in [-0.1, -0.05) is 66.2 Å². The van der Waals surface area contributed by atoms with Crippen LogP contribution >= 0.6 is 23.2 Å². The lowest BCUT2D eigenvalue weighted by molar-refractivity contribution is -0.139. The number of aromatic nitrogens is 1. The molecule has 0 spiro atoms. The van der Waals surface area contributed by atoms with E-state index in [1.165, 1.54) is 0 Å². The van der Waals surface area contributed by atoms with Crippen LogP contribution in [-0.2, 0) is 21.2 Å². The quantitative estimate of drug-likeness (QED) is 0.276. The Morgan fingerprint density at radius 2 is 1.93 bits per heavy atom. The molecule has 0 radical (unpaired) electrons. The number of imide groups is 1. The van der Waals surface area contributed by atoms with Crippen molar-refractivity contribution < 1.29 is 32.6 Å². The van der Waals surface area contributed by atoms with Crippen molar-refractivity contribution in [3.8, 4) is 11.5 Å². The molecule has 1 aromatic heterocycles. The van der Waals surface area contributed by atoms with E-state index in [0.717, 1.165) is 5.01 Å². The van der Waals surface area contributed by atoms with Crippen LogP contribution < -0.4 is 10.2 Å². The number of halogens is 5. The summed E-state index contributed by atoms with van der Waals surface area (Å²) in [6.45, 7) is 5.96. The van der Waals surface area contributed by atoms with Crippen molar-refractivity contribution in [1.29, 1.82) is 0 Å². The van der Waals surface area contributed by atoms with Gasteiger partial charge >= 0.3 is 6.18 Å². The summed E-state index contributed by atoms with van der Waals surface area (Å²) < 4.78 is 45.2. The zero-order valence-corrected chi connectivity index (χ0v) is 23.6. The number of carbonyl (C=O) groups excluding carboxylic acids is 2. The standard InChI is InChI=1S/C30H24Cl2F3N3O4/c1-3-16-8-13-21-27(40)38(37-26-22(32)14-18(15-36-26)30(33,34)35)28(41)29(21,17-9-11-19(31)12-10-17)24(16)20-6-5-7-23(25(20)39)42-4-2/h3,5-12,14-15,21,24,39H,1,4,13H2,2H3,(H,36,37)/t21-,24+,29+/m0/s1. The second-order valence-corrected chi connectivity index (χ2v) is 10.6. The summed E-state index contributed by atoms with van der Waals surface area (Å²) in [5, 5.41) is 12.0. The number of para-hydroxylation sites is 1. The molecule has 3 aromatic rings. The summed E-state index contributed by atoms with van der Waals surface area (Å²) in [4.78, 5) is 32.4. The SMILES string of the molecule is C=CC1=CC[C@H]2C(=O)N(Nc3ncc(C(F)(F)F)cc3Cl)C(=O)[C@@]2(c2ccc(Cl)cc2)[C@H]1c1cccc(OCC)c1O. The number of nitrogens with one attached hydrogen (secondary N) is 1. The second kappa shape index (κ2) is 11.0. The van der Waals surface area contributed by atoms with E-state index in [-0.39, 0.29) is 30.3 Å². The number of hydrogen-bond acceptors (Lipinski definition) is 6. The minimum absolute atomic E-state index is 0.128. The zero-order chi connectivity index (χ0) is 30.4. The molecule has 12 heteroatoms. The van der Waals surface area contributed by atoms with Crippen LogP contribution in [0.25, 0.3) is 0 Å². The highest BCUT2D eigenvalue weighted by atomic mass is 35.5. The van der Waals surface area contributed by atoms with E-state index in [0.29, 0.717) is 34.0 Å². The van der Waals surface area contributed by atoms with Crippen molar-refractivity contribution in [2.24, 2.45) is 5.92 Å². The first-order chi connectivity index (χ1) is 19.9. The van der Waals surface area contributed by atoms with E-state index in [2.05, 4.69) is 17.0 Å². The minimum atomic E-state index is -4.69. The summed E-state index contributed by atoms with van der Waals surface area (Å²) in [5.41, 5.74) is 1.18. The maximum atomic E-state index is 14.7. The molecule has 1 fully saturated rings. The number of allylic oxidation sites excluding steroid dienone is 3. The predicted molar refractivity (Wildman–Crippen MR) is 151 cm³/mol. The number of carbonyl (C=O) groups is 2. The highest BCUT2D eigenvalue weighted by Gasteiger charge is 2.66. The van der Waals surface area contributed by atoms with Crippen LogP contribution in [0, 0.1) is 5.92 Å². The van der Waals surface area contributed by atoms with Gasteiger partial charge in [0.15, 0.2) is 17.3 Å². The van der Waals surface area contributed by atoms with Gasteiger partial charge in [-0.3, -0.25) is 15.0 Å². The number of nitrogens with zero attached hydrogens (tertiary/aromatic N) is 2. The summed E-state index contributed by atoms with van der Waals surface area (Å²) in [5.74, 6) is -3.62. The molecule has 1 saturated heterocycles. The molecule has 218 valence electrons. The van der Waals surface area contributed by atoms with Gasteiger partial charge in [0.1, 0.15) is 0 Å².